The average Bonchev–Trinajstić information content (AvgIpc) is 2.63. The van der Waals surface area contributed by atoms with Crippen LogP contribution >= 0.6 is 0 Å². The Morgan fingerprint density at radius 2 is 1.63 bits per heavy atom. The summed E-state index contributed by atoms with van der Waals surface area (Å²) < 4.78 is 93.6. The van der Waals surface area contributed by atoms with E-state index >= 15 is 0 Å². The van der Waals surface area contributed by atoms with Gasteiger partial charge in [-0.3, -0.25) is 4.98 Å². The maximum atomic E-state index is 14.7. The summed E-state index contributed by atoms with van der Waals surface area (Å²) in [5.41, 5.74) is 0.837. The Balaban J connectivity index is 2.13. The first kappa shape index (κ1) is 21.7. The van der Waals surface area contributed by atoms with Crippen LogP contribution in [-0.2, 0) is 9.84 Å². The third-order valence-electron chi connectivity index (χ3n) is 4.24. The summed E-state index contributed by atoms with van der Waals surface area (Å²) in [5, 5.41) is 0. The first-order valence-electron chi connectivity index (χ1n) is 8.37. The maximum absolute atomic E-state index is 14.7. The number of hydrogen-bond donors (Lipinski definition) is 0. The molecule has 10 heteroatoms. The number of benzene rings is 2. The van der Waals surface area contributed by atoms with Gasteiger partial charge >= 0.3 is 6.36 Å². The highest BCUT2D eigenvalue weighted by Gasteiger charge is 2.31. The number of halogens is 5. The summed E-state index contributed by atoms with van der Waals surface area (Å²) in [4.78, 5) is 3.12. The molecule has 30 heavy (non-hydrogen) atoms. The third-order valence-corrected chi connectivity index (χ3v) is 5.36. The van der Waals surface area contributed by atoms with Crippen molar-refractivity contribution in [3.8, 4) is 28.0 Å². The van der Waals surface area contributed by atoms with E-state index in [1.807, 2.05) is 0 Å². The zero-order chi connectivity index (χ0) is 22.3. The lowest BCUT2D eigenvalue weighted by Crippen LogP contribution is -2.17. The van der Waals surface area contributed by atoms with Crippen molar-refractivity contribution in [2.75, 3.05) is 6.26 Å². The highest BCUT2D eigenvalue weighted by molar-refractivity contribution is 7.90. The van der Waals surface area contributed by atoms with Gasteiger partial charge in [0.25, 0.3) is 0 Å². The molecule has 0 radical (unpaired) electrons. The molecule has 0 unspecified atom stereocenters. The van der Waals surface area contributed by atoms with Crippen LogP contribution in [0.15, 0.2) is 53.7 Å². The number of sulfone groups is 1. The van der Waals surface area contributed by atoms with Gasteiger partial charge in [-0.15, -0.1) is 13.2 Å². The maximum Gasteiger partial charge on any atom is 0.573 e. The molecule has 1 aromatic heterocycles. The standard InChI is InChI=1S/C20H14F5NO3S/c1-11-7-12(3-4-18(11)29-20(23,24)25)13-5-6-26-10-15(13)14-8-17(22)19(9-16(14)21)30(2,27)28/h3-10H,1-2H3. The number of nitrogens with zero attached hydrogens (tertiary/aromatic N) is 1. The minimum Gasteiger partial charge on any atom is -0.406 e. The van der Waals surface area contributed by atoms with Gasteiger partial charge < -0.3 is 4.74 Å². The fourth-order valence-electron chi connectivity index (χ4n) is 2.94. The Bertz CT molecular complexity index is 1220. The van der Waals surface area contributed by atoms with Crippen molar-refractivity contribution in [1.29, 1.82) is 0 Å². The summed E-state index contributed by atoms with van der Waals surface area (Å²) in [5.74, 6) is -2.51. The zero-order valence-corrected chi connectivity index (χ0v) is 16.4. The van der Waals surface area contributed by atoms with Gasteiger partial charge in [0.2, 0.25) is 0 Å². The van der Waals surface area contributed by atoms with Crippen LogP contribution in [0.1, 0.15) is 5.56 Å². The highest BCUT2D eigenvalue weighted by atomic mass is 32.2. The fraction of sp³-hybridized carbons (Fsp3) is 0.150. The van der Waals surface area contributed by atoms with Crippen molar-refractivity contribution in [1.82, 2.24) is 4.98 Å². The predicted octanol–water partition coefficient (Wildman–Crippen LogP) is 5.30. The normalized spacial score (nSPS) is 12.1. The summed E-state index contributed by atoms with van der Waals surface area (Å²) >= 11 is 0. The zero-order valence-electron chi connectivity index (χ0n) is 15.6. The molecule has 0 aliphatic heterocycles. The van der Waals surface area contributed by atoms with Crippen molar-refractivity contribution >= 4 is 9.84 Å². The first-order chi connectivity index (χ1) is 13.9. The number of aromatic nitrogens is 1. The molecule has 0 aliphatic rings. The van der Waals surface area contributed by atoms with E-state index in [1.165, 1.54) is 37.5 Å². The molecule has 1 heterocycles. The van der Waals surface area contributed by atoms with Gasteiger partial charge in [-0.2, -0.15) is 0 Å². The van der Waals surface area contributed by atoms with E-state index in [0.29, 0.717) is 17.2 Å². The van der Waals surface area contributed by atoms with Gasteiger partial charge in [0.1, 0.15) is 22.3 Å². The topological polar surface area (TPSA) is 56.3 Å². The van der Waals surface area contributed by atoms with Crippen molar-refractivity contribution in [2.45, 2.75) is 18.2 Å². The molecule has 0 spiro atoms. The second kappa shape index (κ2) is 7.67. The smallest absolute Gasteiger partial charge is 0.406 e. The monoisotopic (exact) mass is 443 g/mol. The molecule has 4 nitrogen and oxygen atoms in total. The Hall–Kier alpha value is -3.01. The molecule has 0 N–H and O–H groups in total. The lowest BCUT2D eigenvalue weighted by atomic mass is 9.95. The molecule has 0 fully saturated rings. The molecule has 0 amide bonds. The van der Waals surface area contributed by atoms with E-state index in [1.54, 1.807) is 0 Å². The van der Waals surface area contributed by atoms with Crippen LogP contribution in [0.3, 0.4) is 0 Å². The number of hydrogen-bond acceptors (Lipinski definition) is 4. The van der Waals surface area contributed by atoms with Crippen LogP contribution in [0, 0.1) is 18.6 Å². The third kappa shape index (κ3) is 4.59. The molecular formula is C20H14F5NO3S. The molecule has 0 saturated carbocycles. The summed E-state index contributed by atoms with van der Waals surface area (Å²) in [6.45, 7) is 1.41. The molecular weight excluding hydrogens is 429 g/mol. The lowest BCUT2D eigenvalue weighted by molar-refractivity contribution is -0.274. The van der Waals surface area contributed by atoms with Gasteiger partial charge in [-0.1, -0.05) is 6.07 Å². The van der Waals surface area contributed by atoms with Crippen LogP contribution in [0.2, 0.25) is 0 Å². The van der Waals surface area contributed by atoms with Crippen molar-refractivity contribution in [3.63, 3.8) is 0 Å². The van der Waals surface area contributed by atoms with E-state index in [-0.39, 0.29) is 16.7 Å². The molecule has 0 aliphatic carbocycles. The molecule has 0 bridgehead atoms. The molecule has 3 rings (SSSR count). The van der Waals surface area contributed by atoms with E-state index in [4.69, 9.17) is 0 Å². The van der Waals surface area contributed by atoms with Crippen molar-refractivity contribution in [2.24, 2.45) is 0 Å². The van der Waals surface area contributed by atoms with Gasteiger partial charge in [0.15, 0.2) is 9.84 Å². The number of ether oxygens (including phenoxy) is 1. The second-order valence-electron chi connectivity index (χ2n) is 6.48. The van der Waals surface area contributed by atoms with Gasteiger partial charge in [-0.05, 0) is 53.9 Å². The first-order valence-corrected chi connectivity index (χ1v) is 10.3. The average molecular weight is 443 g/mol. The number of rotatable bonds is 4. The van der Waals surface area contributed by atoms with Crippen LogP contribution in [0.5, 0.6) is 5.75 Å². The van der Waals surface area contributed by atoms with Gasteiger partial charge in [0, 0.05) is 29.8 Å². The van der Waals surface area contributed by atoms with E-state index in [0.717, 1.165) is 18.4 Å². The molecule has 3 aromatic rings. The van der Waals surface area contributed by atoms with Crippen LogP contribution < -0.4 is 4.74 Å². The summed E-state index contributed by atoms with van der Waals surface area (Å²) in [6.07, 6.45) is -1.46. The lowest BCUT2D eigenvalue weighted by Gasteiger charge is -2.15. The summed E-state index contributed by atoms with van der Waals surface area (Å²) in [6, 6.07) is 6.68. The molecule has 2 aromatic carbocycles. The van der Waals surface area contributed by atoms with Crippen molar-refractivity contribution < 1.29 is 35.1 Å². The number of aryl methyl sites for hydroxylation is 1. The second-order valence-corrected chi connectivity index (χ2v) is 8.47. The Kier molecular flexibility index (Phi) is 5.55. The van der Waals surface area contributed by atoms with Crippen LogP contribution in [0.25, 0.3) is 22.3 Å². The minimum atomic E-state index is -4.85. The molecule has 0 saturated heterocycles. The number of pyridine rings is 1. The van der Waals surface area contributed by atoms with E-state index in [2.05, 4.69) is 9.72 Å². The Labute approximate surface area is 168 Å². The predicted molar refractivity (Wildman–Crippen MR) is 99.6 cm³/mol. The largest absolute Gasteiger partial charge is 0.573 e. The highest BCUT2D eigenvalue weighted by Crippen LogP contribution is 2.37. The SMILES string of the molecule is Cc1cc(-c2ccncc2-c2cc(F)c(S(C)(=O)=O)cc2F)ccc1OC(F)(F)F. The van der Waals surface area contributed by atoms with Crippen molar-refractivity contribution in [3.05, 3.63) is 66.0 Å². The van der Waals surface area contributed by atoms with Gasteiger partial charge in [-0.25, -0.2) is 17.2 Å². The Morgan fingerprint density at radius 3 is 2.23 bits per heavy atom. The quantitative estimate of drug-likeness (QED) is 0.514. The molecule has 0 atom stereocenters. The minimum absolute atomic E-state index is 0.137. The van der Waals surface area contributed by atoms with E-state index < -0.39 is 38.5 Å². The summed E-state index contributed by atoms with van der Waals surface area (Å²) in [7, 11) is -3.98. The van der Waals surface area contributed by atoms with E-state index in [9.17, 15) is 30.4 Å². The van der Waals surface area contributed by atoms with Crippen LogP contribution in [-0.4, -0.2) is 26.0 Å². The fourth-order valence-corrected chi connectivity index (χ4v) is 3.67. The molecule has 158 valence electrons. The van der Waals surface area contributed by atoms with Gasteiger partial charge in [0.05, 0.1) is 0 Å². The Morgan fingerprint density at radius 1 is 0.933 bits per heavy atom. The number of alkyl halides is 3. The van der Waals surface area contributed by atoms with Crippen LogP contribution in [0.4, 0.5) is 22.0 Å².